The summed E-state index contributed by atoms with van der Waals surface area (Å²) in [5.41, 5.74) is 8.44. The number of carbonyl (C=O) groups is 2. The molecule has 2 aromatic heterocycles. The van der Waals surface area contributed by atoms with Gasteiger partial charge in [-0.15, -0.1) is 5.10 Å². The third-order valence-corrected chi connectivity index (χ3v) is 2.20. The Labute approximate surface area is 107 Å². The van der Waals surface area contributed by atoms with Crippen molar-refractivity contribution in [3.05, 3.63) is 23.3 Å². The molecule has 2 rings (SSSR count). The molecule has 0 saturated heterocycles. The van der Waals surface area contributed by atoms with Crippen molar-refractivity contribution < 1.29 is 14.4 Å². The lowest BCUT2D eigenvalue weighted by atomic mass is 10.4. The number of primary amides is 1. The van der Waals surface area contributed by atoms with Crippen LogP contribution >= 0.6 is 0 Å². The molecule has 2 amide bonds. The lowest BCUT2D eigenvalue weighted by molar-refractivity contribution is -0.124. The van der Waals surface area contributed by atoms with E-state index in [4.69, 9.17) is 5.73 Å². The van der Waals surface area contributed by atoms with E-state index in [0.717, 1.165) is 11.4 Å². The fourth-order valence-electron chi connectivity index (χ4n) is 1.48. The number of nitrogens with one attached hydrogen (secondary N) is 1. The zero-order valence-electron chi connectivity index (χ0n) is 10.4. The zero-order chi connectivity index (χ0) is 14.0. The maximum absolute atomic E-state index is 11.6. The number of amides is 2. The highest BCUT2D eigenvalue weighted by Gasteiger charge is 2.15. The van der Waals surface area contributed by atoms with Crippen molar-refractivity contribution in [1.29, 1.82) is 0 Å². The molecule has 0 bridgehead atoms. The van der Waals surface area contributed by atoms with Gasteiger partial charge in [-0.2, -0.15) is 4.98 Å². The first-order valence-corrected chi connectivity index (χ1v) is 5.39. The number of fused-ring (bicyclic) bond motifs is 1. The lowest BCUT2D eigenvalue weighted by Gasteiger charge is -1.99. The third kappa shape index (κ3) is 2.83. The molecular weight excluding hydrogens is 252 g/mol. The Kier molecular flexibility index (Phi) is 3.38. The van der Waals surface area contributed by atoms with Gasteiger partial charge in [0.15, 0.2) is 6.61 Å². The van der Waals surface area contributed by atoms with Crippen LogP contribution in [0.1, 0.15) is 22.0 Å². The van der Waals surface area contributed by atoms with Crippen molar-refractivity contribution in [2.75, 3.05) is 6.61 Å². The van der Waals surface area contributed by atoms with Crippen LogP contribution in [0.3, 0.4) is 0 Å². The van der Waals surface area contributed by atoms with Crippen LogP contribution in [-0.2, 0) is 9.63 Å². The zero-order valence-corrected chi connectivity index (χ0v) is 10.4. The molecule has 0 spiro atoms. The molecule has 0 aliphatic carbocycles. The van der Waals surface area contributed by atoms with Crippen LogP contribution in [0.15, 0.2) is 6.07 Å². The van der Waals surface area contributed by atoms with Crippen LogP contribution in [0, 0.1) is 13.8 Å². The van der Waals surface area contributed by atoms with Crippen LogP contribution in [0.25, 0.3) is 5.78 Å². The van der Waals surface area contributed by atoms with E-state index in [1.807, 2.05) is 25.4 Å². The highest BCUT2D eigenvalue weighted by Crippen LogP contribution is 2.05. The first-order valence-electron chi connectivity index (χ1n) is 5.39. The van der Waals surface area contributed by atoms with Crippen molar-refractivity contribution in [3.63, 3.8) is 0 Å². The topological polar surface area (TPSA) is 124 Å². The molecule has 0 aromatic carbocycles. The normalized spacial score (nSPS) is 10.6. The van der Waals surface area contributed by atoms with E-state index in [2.05, 4.69) is 19.9 Å². The van der Waals surface area contributed by atoms with Gasteiger partial charge < -0.3 is 5.73 Å². The molecule has 2 heterocycles. The van der Waals surface area contributed by atoms with Gasteiger partial charge in [0.1, 0.15) is 0 Å². The second-order valence-electron chi connectivity index (χ2n) is 3.87. The van der Waals surface area contributed by atoms with Crippen molar-refractivity contribution in [2.24, 2.45) is 5.73 Å². The average molecular weight is 264 g/mol. The van der Waals surface area contributed by atoms with Gasteiger partial charge in [0.2, 0.25) is 11.7 Å². The summed E-state index contributed by atoms with van der Waals surface area (Å²) in [6.07, 6.45) is 0. The van der Waals surface area contributed by atoms with Crippen LogP contribution in [-0.4, -0.2) is 38.0 Å². The van der Waals surface area contributed by atoms with Gasteiger partial charge in [-0.3, -0.25) is 14.4 Å². The second kappa shape index (κ2) is 4.98. The molecule has 0 aliphatic heterocycles. The number of hydrogen-bond donors (Lipinski definition) is 2. The predicted octanol–water partition coefficient (Wildman–Crippen LogP) is -1.11. The van der Waals surface area contributed by atoms with E-state index in [-0.39, 0.29) is 5.82 Å². The van der Waals surface area contributed by atoms with Crippen molar-refractivity contribution in [3.8, 4) is 0 Å². The molecule has 0 radical (unpaired) electrons. The summed E-state index contributed by atoms with van der Waals surface area (Å²) in [6.45, 7) is 3.22. The van der Waals surface area contributed by atoms with Gasteiger partial charge in [0.25, 0.3) is 5.78 Å². The molecule has 100 valence electrons. The highest BCUT2D eigenvalue weighted by atomic mass is 16.7. The van der Waals surface area contributed by atoms with Gasteiger partial charge in [-0.1, -0.05) is 0 Å². The Bertz CT molecular complexity index is 650. The number of carbonyl (C=O) groups excluding carboxylic acids is 2. The molecular formula is C10H12N6O3. The first kappa shape index (κ1) is 12.9. The van der Waals surface area contributed by atoms with Crippen LogP contribution in [0.2, 0.25) is 0 Å². The fraction of sp³-hybridized carbons (Fsp3) is 0.300. The van der Waals surface area contributed by atoms with E-state index < -0.39 is 18.4 Å². The standard InChI is InChI=1S/C10H12N6O3/c1-5-3-6(2)16-10(12-5)13-8(14-16)9(18)15-19-4-7(11)17/h3H,4H2,1-2H3,(H2,11,17)(H,15,18). The van der Waals surface area contributed by atoms with E-state index in [0.29, 0.717) is 5.78 Å². The number of aryl methyl sites for hydroxylation is 2. The van der Waals surface area contributed by atoms with Crippen LogP contribution in [0.5, 0.6) is 0 Å². The molecule has 3 N–H and O–H groups in total. The third-order valence-electron chi connectivity index (χ3n) is 2.20. The molecule has 9 heteroatoms. The Balaban J connectivity index is 2.19. The number of rotatable bonds is 4. The summed E-state index contributed by atoms with van der Waals surface area (Å²) in [4.78, 5) is 34.8. The monoisotopic (exact) mass is 264 g/mol. The minimum Gasteiger partial charge on any atom is -0.368 e. The minimum absolute atomic E-state index is 0.106. The number of hydroxylamine groups is 1. The molecule has 0 fully saturated rings. The SMILES string of the molecule is Cc1cc(C)n2nc(C(=O)NOCC(N)=O)nc2n1. The molecule has 19 heavy (non-hydrogen) atoms. The summed E-state index contributed by atoms with van der Waals surface area (Å²) >= 11 is 0. The van der Waals surface area contributed by atoms with Crippen molar-refractivity contribution in [2.45, 2.75) is 13.8 Å². The summed E-state index contributed by atoms with van der Waals surface area (Å²) in [5.74, 6) is -1.16. The number of aromatic nitrogens is 4. The summed E-state index contributed by atoms with van der Waals surface area (Å²) in [6, 6.07) is 1.81. The van der Waals surface area contributed by atoms with E-state index in [9.17, 15) is 9.59 Å². The summed E-state index contributed by atoms with van der Waals surface area (Å²) < 4.78 is 1.44. The van der Waals surface area contributed by atoms with Crippen molar-refractivity contribution in [1.82, 2.24) is 25.1 Å². The Morgan fingerprint density at radius 3 is 2.84 bits per heavy atom. The smallest absolute Gasteiger partial charge is 0.314 e. The largest absolute Gasteiger partial charge is 0.368 e. The van der Waals surface area contributed by atoms with Gasteiger partial charge in [-0.25, -0.2) is 15.0 Å². The minimum atomic E-state index is -0.698. The van der Waals surface area contributed by atoms with Crippen molar-refractivity contribution >= 4 is 17.6 Å². The lowest BCUT2D eigenvalue weighted by Crippen LogP contribution is -2.30. The number of nitrogens with two attached hydrogens (primary N) is 1. The Morgan fingerprint density at radius 1 is 1.42 bits per heavy atom. The highest BCUT2D eigenvalue weighted by molar-refractivity contribution is 5.90. The van der Waals surface area contributed by atoms with Gasteiger partial charge in [0.05, 0.1) is 0 Å². The molecule has 0 saturated carbocycles. The van der Waals surface area contributed by atoms with Crippen LogP contribution in [0.4, 0.5) is 0 Å². The summed E-state index contributed by atoms with van der Waals surface area (Å²) in [5, 5.41) is 3.99. The Morgan fingerprint density at radius 2 is 2.16 bits per heavy atom. The van der Waals surface area contributed by atoms with Gasteiger partial charge in [0, 0.05) is 11.4 Å². The maximum atomic E-state index is 11.6. The van der Waals surface area contributed by atoms with Gasteiger partial charge in [-0.05, 0) is 19.9 Å². The van der Waals surface area contributed by atoms with E-state index >= 15 is 0 Å². The molecule has 0 aliphatic rings. The molecule has 9 nitrogen and oxygen atoms in total. The first-order chi connectivity index (χ1) is 8.97. The molecule has 0 atom stereocenters. The van der Waals surface area contributed by atoms with Gasteiger partial charge >= 0.3 is 5.91 Å². The predicted molar refractivity (Wildman–Crippen MR) is 62.9 cm³/mol. The maximum Gasteiger partial charge on any atom is 0.314 e. The quantitative estimate of drug-likeness (QED) is 0.674. The number of hydrogen-bond acceptors (Lipinski definition) is 6. The number of nitrogens with zero attached hydrogens (tertiary/aromatic N) is 4. The van der Waals surface area contributed by atoms with E-state index in [1.54, 1.807) is 0 Å². The molecule has 2 aromatic rings. The average Bonchev–Trinajstić information content (AvgIpc) is 2.72. The van der Waals surface area contributed by atoms with Crippen LogP contribution < -0.4 is 11.2 Å². The Hall–Kier alpha value is -2.55. The van der Waals surface area contributed by atoms with E-state index in [1.165, 1.54) is 4.52 Å². The summed E-state index contributed by atoms with van der Waals surface area (Å²) in [7, 11) is 0. The fourth-order valence-corrected chi connectivity index (χ4v) is 1.48. The second-order valence-corrected chi connectivity index (χ2v) is 3.87. The molecule has 0 unspecified atom stereocenters.